The van der Waals surface area contributed by atoms with Crippen molar-refractivity contribution in [1.82, 2.24) is 9.97 Å². The maximum Gasteiger partial charge on any atom is 0.143 e. The number of hydrogen-bond donors (Lipinski definition) is 0. The average molecular weight is 280 g/mol. The van der Waals surface area contributed by atoms with Crippen LogP contribution in [0, 0.1) is 11.3 Å². The Hall–Kier alpha value is -1.25. The molecule has 2 rings (SSSR count). The second-order valence-corrected chi connectivity index (χ2v) is 4.65. The summed E-state index contributed by atoms with van der Waals surface area (Å²) in [6.07, 6.45) is 1.93. The van der Waals surface area contributed by atoms with Crippen molar-refractivity contribution in [2.45, 2.75) is 6.42 Å². The molecule has 0 atom stereocenters. The van der Waals surface area contributed by atoms with Crippen LogP contribution in [0.3, 0.4) is 0 Å². The summed E-state index contributed by atoms with van der Waals surface area (Å²) in [5.74, 6) is 0.569. The van der Waals surface area contributed by atoms with Crippen molar-refractivity contribution in [3.8, 4) is 16.6 Å². The Morgan fingerprint density at radius 2 is 2.40 bits per heavy atom. The minimum atomic E-state index is 0.250. The SMILES string of the molecule is N#CCc1nccc(-c2cc(Br)cs2)n1. The quantitative estimate of drug-likeness (QED) is 0.849. The van der Waals surface area contributed by atoms with Gasteiger partial charge >= 0.3 is 0 Å². The summed E-state index contributed by atoms with van der Waals surface area (Å²) < 4.78 is 1.04. The van der Waals surface area contributed by atoms with Gasteiger partial charge in [-0.05, 0) is 28.1 Å². The number of thiophene rings is 1. The fourth-order valence-corrected chi connectivity index (χ4v) is 2.54. The molecular formula is C10H6BrN3S. The normalized spacial score (nSPS) is 9.87. The van der Waals surface area contributed by atoms with Crippen molar-refractivity contribution < 1.29 is 0 Å². The molecule has 0 saturated carbocycles. The molecule has 0 bridgehead atoms. The molecule has 0 N–H and O–H groups in total. The first kappa shape index (κ1) is 10.3. The van der Waals surface area contributed by atoms with E-state index >= 15 is 0 Å². The van der Waals surface area contributed by atoms with Crippen LogP contribution in [-0.4, -0.2) is 9.97 Å². The minimum absolute atomic E-state index is 0.250. The van der Waals surface area contributed by atoms with E-state index in [9.17, 15) is 0 Å². The number of rotatable bonds is 2. The van der Waals surface area contributed by atoms with E-state index in [1.54, 1.807) is 17.5 Å². The second-order valence-electron chi connectivity index (χ2n) is 2.82. The first-order valence-corrected chi connectivity index (χ1v) is 5.90. The molecule has 0 unspecified atom stereocenters. The van der Waals surface area contributed by atoms with E-state index in [4.69, 9.17) is 5.26 Å². The van der Waals surface area contributed by atoms with E-state index in [0.717, 1.165) is 15.0 Å². The molecule has 15 heavy (non-hydrogen) atoms. The third-order valence-corrected chi connectivity index (χ3v) is 3.48. The van der Waals surface area contributed by atoms with Crippen molar-refractivity contribution in [1.29, 1.82) is 5.26 Å². The van der Waals surface area contributed by atoms with Gasteiger partial charge in [0.1, 0.15) is 5.82 Å². The highest BCUT2D eigenvalue weighted by Gasteiger charge is 2.04. The second kappa shape index (κ2) is 4.51. The molecule has 0 spiro atoms. The van der Waals surface area contributed by atoms with Crippen LogP contribution in [0.2, 0.25) is 0 Å². The molecule has 5 heteroatoms. The predicted octanol–water partition coefficient (Wildman–Crippen LogP) is 3.03. The zero-order chi connectivity index (χ0) is 10.7. The van der Waals surface area contributed by atoms with Crippen molar-refractivity contribution in [3.63, 3.8) is 0 Å². The molecule has 2 aromatic rings. The first-order valence-electron chi connectivity index (χ1n) is 4.23. The van der Waals surface area contributed by atoms with Crippen LogP contribution < -0.4 is 0 Å². The highest BCUT2D eigenvalue weighted by molar-refractivity contribution is 9.10. The maximum atomic E-state index is 8.55. The fraction of sp³-hybridized carbons (Fsp3) is 0.100. The molecule has 0 saturated heterocycles. The third kappa shape index (κ3) is 2.41. The summed E-state index contributed by atoms with van der Waals surface area (Å²) >= 11 is 5.00. The summed E-state index contributed by atoms with van der Waals surface area (Å²) in [5, 5.41) is 10.6. The maximum absolute atomic E-state index is 8.55. The van der Waals surface area contributed by atoms with E-state index < -0.39 is 0 Å². The van der Waals surface area contributed by atoms with Gasteiger partial charge in [-0.15, -0.1) is 11.3 Å². The van der Waals surface area contributed by atoms with Crippen molar-refractivity contribution in [2.75, 3.05) is 0 Å². The number of halogens is 1. The summed E-state index contributed by atoms with van der Waals surface area (Å²) in [6, 6.07) is 5.89. The average Bonchev–Trinajstić information content (AvgIpc) is 2.66. The van der Waals surface area contributed by atoms with Crippen molar-refractivity contribution in [2.24, 2.45) is 0 Å². The van der Waals surface area contributed by atoms with E-state index in [-0.39, 0.29) is 6.42 Å². The van der Waals surface area contributed by atoms with E-state index in [1.807, 2.05) is 23.6 Å². The van der Waals surface area contributed by atoms with Crippen LogP contribution in [0.25, 0.3) is 10.6 Å². The van der Waals surface area contributed by atoms with Crippen LogP contribution in [0.5, 0.6) is 0 Å². The highest BCUT2D eigenvalue weighted by atomic mass is 79.9. The molecule has 0 fully saturated rings. The lowest BCUT2D eigenvalue weighted by atomic mass is 10.3. The first-order chi connectivity index (χ1) is 7.29. The molecule has 2 heterocycles. The molecule has 74 valence electrons. The molecule has 0 radical (unpaired) electrons. The molecule has 0 aromatic carbocycles. The van der Waals surface area contributed by atoms with Gasteiger partial charge in [-0.2, -0.15) is 5.26 Å². The molecule has 0 aliphatic rings. The monoisotopic (exact) mass is 279 g/mol. The Morgan fingerprint density at radius 1 is 1.53 bits per heavy atom. The molecular weight excluding hydrogens is 274 g/mol. The van der Waals surface area contributed by atoms with Gasteiger partial charge in [-0.1, -0.05) is 0 Å². The van der Waals surface area contributed by atoms with Crippen LogP contribution in [0.4, 0.5) is 0 Å². The summed E-state index contributed by atoms with van der Waals surface area (Å²) in [7, 11) is 0. The largest absolute Gasteiger partial charge is 0.240 e. The lowest BCUT2D eigenvalue weighted by molar-refractivity contribution is 1.00. The topological polar surface area (TPSA) is 49.6 Å². The molecule has 0 aliphatic carbocycles. The van der Waals surface area contributed by atoms with Crippen LogP contribution >= 0.6 is 27.3 Å². The lowest BCUT2D eigenvalue weighted by Gasteiger charge is -1.97. The van der Waals surface area contributed by atoms with Gasteiger partial charge < -0.3 is 0 Å². The Bertz CT molecular complexity index is 515. The van der Waals surface area contributed by atoms with Gasteiger partial charge in [-0.3, -0.25) is 0 Å². The van der Waals surface area contributed by atoms with Gasteiger partial charge in [-0.25, -0.2) is 9.97 Å². The zero-order valence-electron chi connectivity index (χ0n) is 7.64. The highest BCUT2D eigenvalue weighted by Crippen LogP contribution is 2.28. The van der Waals surface area contributed by atoms with Crippen LogP contribution in [0.1, 0.15) is 5.82 Å². The lowest BCUT2D eigenvalue weighted by Crippen LogP contribution is -1.93. The van der Waals surface area contributed by atoms with E-state index in [0.29, 0.717) is 5.82 Å². The molecule has 3 nitrogen and oxygen atoms in total. The van der Waals surface area contributed by atoms with Crippen molar-refractivity contribution >= 4 is 27.3 Å². The standard InChI is InChI=1S/C10H6BrN3S/c11-7-5-9(15-6-7)8-2-4-13-10(14-8)1-3-12/h2,4-6H,1H2. The smallest absolute Gasteiger partial charge is 0.143 e. The van der Waals surface area contributed by atoms with Crippen LogP contribution in [0.15, 0.2) is 28.2 Å². The Morgan fingerprint density at radius 3 is 3.07 bits per heavy atom. The Kier molecular flexibility index (Phi) is 3.09. The number of nitrogens with zero attached hydrogens (tertiary/aromatic N) is 3. The molecule has 0 aliphatic heterocycles. The zero-order valence-corrected chi connectivity index (χ0v) is 10.0. The van der Waals surface area contributed by atoms with Gasteiger partial charge in [0.2, 0.25) is 0 Å². The molecule has 2 aromatic heterocycles. The van der Waals surface area contributed by atoms with E-state index in [2.05, 4.69) is 25.9 Å². The molecule has 0 amide bonds. The fourth-order valence-electron chi connectivity index (χ4n) is 1.14. The third-order valence-electron chi connectivity index (χ3n) is 1.76. The van der Waals surface area contributed by atoms with Gasteiger partial charge in [0.05, 0.1) is 23.1 Å². The number of hydrogen-bond acceptors (Lipinski definition) is 4. The number of aromatic nitrogens is 2. The minimum Gasteiger partial charge on any atom is -0.240 e. The Labute approximate surface area is 99.6 Å². The van der Waals surface area contributed by atoms with Crippen molar-refractivity contribution in [3.05, 3.63) is 34.0 Å². The van der Waals surface area contributed by atoms with Gasteiger partial charge in [0.25, 0.3) is 0 Å². The van der Waals surface area contributed by atoms with Gasteiger partial charge in [0.15, 0.2) is 0 Å². The summed E-state index contributed by atoms with van der Waals surface area (Å²) in [6.45, 7) is 0. The van der Waals surface area contributed by atoms with Crippen LogP contribution in [-0.2, 0) is 6.42 Å². The summed E-state index contributed by atoms with van der Waals surface area (Å²) in [5.41, 5.74) is 0.867. The summed E-state index contributed by atoms with van der Waals surface area (Å²) in [4.78, 5) is 9.40. The van der Waals surface area contributed by atoms with Gasteiger partial charge in [0, 0.05) is 16.0 Å². The predicted molar refractivity (Wildman–Crippen MR) is 62.4 cm³/mol. The van der Waals surface area contributed by atoms with E-state index in [1.165, 1.54) is 0 Å². The Balaban J connectivity index is 2.37. The number of nitriles is 1.